The smallest absolute Gasteiger partial charge is 0.340 e. The monoisotopic (exact) mass is 313 g/mol. The van der Waals surface area contributed by atoms with Gasteiger partial charge in [0, 0.05) is 0 Å². The minimum atomic E-state index is -3.79. The van der Waals surface area contributed by atoms with Crippen LogP contribution < -0.4 is 5.14 Å². The predicted molar refractivity (Wildman–Crippen MR) is 73.4 cm³/mol. The van der Waals surface area contributed by atoms with E-state index in [1.54, 1.807) is 6.92 Å². The van der Waals surface area contributed by atoms with Crippen molar-refractivity contribution in [2.75, 3.05) is 6.61 Å². The molecule has 8 nitrogen and oxygen atoms in total. The highest BCUT2D eigenvalue weighted by atomic mass is 32.2. The van der Waals surface area contributed by atoms with Crippen LogP contribution in [0.5, 0.6) is 0 Å². The Labute approximate surface area is 122 Å². The van der Waals surface area contributed by atoms with Crippen molar-refractivity contribution in [1.29, 1.82) is 0 Å². The zero-order valence-corrected chi connectivity index (χ0v) is 12.3. The number of benzene rings is 1. The normalized spacial score (nSPS) is 13.1. The molecule has 1 rings (SSSR count). The van der Waals surface area contributed by atoms with Crippen LogP contribution in [-0.4, -0.2) is 32.8 Å². The molecule has 0 bridgehead atoms. The minimum Gasteiger partial charge on any atom is -0.464 e. The van der Waals surface area contributed by atoms with E-state index in [0.29, 0.717) is 0 Å². The van der Waals surface area contributed by atoms with E-state index < -0.39 is 27.8 Å². The number of azo groups is 1. The Balaban J connectivity index is 2.92. The summed E-state index contributed by atoms with van der Waals surface area (Å²) in [6.07, 6.45) is 0. The summed E-state index contributed by atoms with van der Waals surface area (Å²) in [7, 11) is -3.79. The maximum Gasteiger partial charge on any atom is 0.340 e. The number of nitrogens with zero attached hydrogens (tertiary/aromatic N) is 2. The quantitative estimate of drug-likeness (QED) is 0.474. The molecule has 1 aromatic rings. The minimum absolute atomic E-state index is 0.0741. The van der Waals surface area contributed by atoms with Crippen molar-refractivity contribution in [1.82, 2.24) is 0 Å². The van der Waals surface area contributed by atoms with Gasteiger partial charge in [-0.3, -0.25) is 4.79 Å². The molecule has 0 heterocycles. The summed E-state index contributed by atoms with van der Waals surface area (Å²) in [5, 5.41) is 12.3. The van der Waals surface area contributed by atoms with Crippen LogP contribution in [0, 0.1) is 0 Å². The molecule has 0 unspecified atom stereocenters. The number of Topliss-reactive ketones (excluding diaryl/α,β-unsaturated/α-hetero) is 1. The van der Waals surface area contributed by atoms with E-state index >= 15 is 0 Å². The van der Waals surface area contributed by atoms with Gasteiger partial charge in [-0.05, 0) is 38.1 Å². The van der Waals surface area contributed by atoms with Crippen molar-refractivity contribution < 1.29 is 22.7 Å². The Morgan fingerprint density at radius 1 is 1.29 bits per heavy atom. The van der Waals surface area contributed by atoms with Gasteiger partial charge in [0.05, 0.1) is 17.2 Å². The molecule has 1 atom stereocenters. The van der Waals surface area contributed by atoms with Crippen molar-refractivity contribution in [3.8, 4) is 0 Å². The number of sulfonamides is 1. The van der Waals surface area contributed by atoms with Crippen molar-refractivity contribution in [2.24, 2.45) is 15.4 Å². The van der Waals surface area contributed by atoms with Gasteiger partial charge in [-0.25, -0.2) is 18.4 Å². The van der Waals surface area contributed by atoms with Crippen LogP contribution in [0.1, 0.15) is 13.8 Å². The Kier molecular flexibility index (Phi) is 5.68. The van der Waals surface area contributed by atoms with Gasteiger partial charge in [0.1, 0.15) is 0 Å². The summed E-state index contributed by atoms with van der Waals surface area (Å²) in [5.74, 6) is -1.28. The summed E-state index contributed by atoms with van der Waals surface area (Å²) in [6, 6.07) is 3.87. The van der Waals surface area contributed by atoms with Crippen molar-refractivity contribution >= 4 is 27.5 Å². The lowest BCUT2D eigenvalue weighted by atomic mass is 10.2. The summed E-state index contributed by atoms with van der Waals surface area (Å²) in [6.45, 7) is 2.93. The van der Waals surface area contributed by atoms with Crippen molar-refractivity contribution in [3.05, 3.63) is 24.3 Å². The Morgan fingerprint density at radius 2 is 1.86 bits per heavy atom. The Bertz CT molecular complexity index is 652. The molecule has 9 heteroatoms. The van der Waals surface area contributed by atoms with Crippen LogP contribution in [0.4, 0.5) is 5.69 Å². The molecule has 2 N–H and O–H groups in total. The topological polar surface area (TPSA) is 128 Å². The largest absolute Gasteiger partial charge is 0.464 e. The van der Waals surface area contributed by atoms with Gasteiger partial charge in [0.15, 0.2) is 5.78 Å². The fraction of sp³-hybridized carbons (Fsp3) is 0.333. The molecule has 21 heavy (non-hydrogen) atoms. The number of hydrogen-bond donors (Lipinski definition) is 1. The predicted octanol–water partition coefficient (Wildman–Crippen LogP) is 0.938. The molecule has 0 aliphatic rings. The average Bonchev–Trinajstić information content (AvgIpc) is 2.38. The first-order valence-electron chi connectivity index (χ1n) is 5.96. The highest BCUT2D eigenvalue weighted by molar-refractivity contribution is 7.89. The fourth-order valence-corrected chi connectivity index (χ4v) is 1.86. The number of primary sulfonamides is 1. The first-order valence-corrected chi connectivity index (χ1v) is 7.51. The van der Waals surface area contributed by atoms with E-state index in [2.05, 4.69) is 10.2 Å². The molecular weight excluding hydrogens is 298 g/mol. The van der Waals surface area contributed by atoms with Gasteiger partial charge in [-0.2, -0.15) is 10.2 Å². The lowest BCUT2D eigenvalue weighted by Gasteiger charge is -2.06. The van der Waals surface area contributed by atoms with Gasteiger partial charge in [-0.1, -0.05) is 0 Å². The average molecular weight is 313 g/mol. The third-order valence-corrected chi connectivity index (χ3v) is 3.28. The number of carbonyl (C=O) groups excluding carboxylic acids is 2. The maximum atomic E-state index is 11.5. The molecule has 0 amide bonds. The van der Waals surface area contributed by atoms with E-state index in [9.17, 15) is 18.0 Å². The zero-order valence-electron chi connectivity index (χ0n) is 11.5. The molecular formula is C12H15N3O5S. The highest BCUT2D eigenvalue weighted by Crippen LogP contribution is 2.16. The molecule has 114 valence electrons. The summed E-state index contributed by atoms with van der Waals surface area (Å²) in [5.41, 5.74) is 0.276. The summed E-state index contributed by atoms with van der Waals surface area (Å²) >= 11 is 0. The van der Waals surface area contributed by atoms with Crippen LogP contribution >= 0.6 is 0 Å². The number of hydrogen-bond acceptors (Lipinski definition) is 7. The molecule has 0 saturated heterocycles. The molecule has 1 aromatic carbocycles. The number of ether oxygens (including phenoxy) is 1. The number of rotatable bonds is 6. The maximum absolute atomic E-state index is 11.5. The van der Waals surface area contributed by atoms with Gasteiger partial charge < -0.3 is 4.74 Å². The lowest BCUT2D eigenvalue weighted by molar-refractivity contribution is -0.147. The molecule has 0 fully saturated rings. The van der Waals surface area contributed by atoms with Gasteiger partial charge in [0.25, 0.3) is 0 Å². The molecule has 0 aliphatic carbocycles. The molecule has 0 radical (unpaired) electrons. The number of esters is 1. The van der Waals surface area contributed by atoms with E-state index in [0.717, 1.165) is 0 Å². The van der Waals surface area contributed by atoms with Crippen LogP contribution in [0.15, 0.2) is 39.4 Å². The van der Waals surface area contributed by atoms with E-state index in [-0.39, 0.29) is 17.2 Å². The Hall–Kier alpha value is -2.13. The van der Waals surface area contributed by atoms with Crippen LogP contribution in [0.25, 0.3) is 0 Å². The third-order valence-electron chi connectivity index (χ3n) is 2.35. The first-order chi connectivity index (χ1) is 9.75. The molecule has 0 aromatic heterocycles. The second-order valence-electron chi connectivity index (χ2n) is 4.02. The van der Waals surface area contributed by atoms with Crippen molar-refractivity contribution in [2.45, 2.75) is 24.8 Å². The van der Waals surface area contributed by atoms with Crippen molar-refractivity contribution in [3.63, 3.8) is 0 Å². The van der Waals surface area contributed by atoms with Crippen LogP contribution in [-0.2, 0) is 24.3 Å². The van der Waals surface area contributed by atoms with E-state index in [1.807, 2.05) is 0 Å². The molecule has 0 aliphatic heterocycles. The second-order valence-corrected chi connectivity index (χ2v) is 5.58. The van der Waals surface area contributed by atoms with Crippen LogP contribution in [0.2, 0.25) is 0 Å². The molecule has 0 saturated carbocycles. The van der Waals surface area contributed by atoms with E-state index in [4.69, 9.17) is 9.88 Å². The van der Waals surface area contributed by atoms with Crippen LogP contribution in [0.3, 0.4) is 0 Å². The fourth-order valence-electron chi connectivity index (χ4n) is 1.34. The Morgan fingerprint density at radius 3 is 2.29 bits per heavy atom. The SMILES string of the molecule is CCOC(=O)[C@@H](N=Nc1ccc(S(N)(=O)=O)cc1)C(C)=O. The highest BCUT2D eigenvalue weighted by Gasteiger charge is 2.24. The summed E-state index contributed by atoms with van der Waals surface area (Å²) < 4.78 is 26.9. The first kappa shape index (κ1) is 16.9. The third kappa shape index (κ3) is 5.04. The summed E-state index contributed by atoms with van der Waals surface area (Å²) in [4.78, 5) is 22.7. The number of ketones is 1. The second kappa shape index (κ2) is 7.04. The lowest BCUT2D eigenvalue weighted by Crippen LogP contribution is -2.28. The van der Waals surface area contributed by atoms with Gasteiger partial charge in [-0.15, -0.1) is 0 Å². The number of nitrogens with two attached hydrogens (primary N) is 1. The zero-order chi connectivity index (χ0) is 16.0. The standard InChI is InChI=1S/C12H15N3O5S/c1-3-20-12(17)11(8(2)16)15-14-9-4-6-10(7-5-9)21(13,18)19/h4-7,11H,3H2,1-2H3,(H2,13,18,19)/t11-/m0/s1. The van der Waals surface area contributed by atoms with E-state index in [1.165, 1.54) is 31.2 Å². The molecule has 0 spiro atoms. The number of carbonyl (C=O) groups is 2. The van der Waals surface area contributed by atoms with Gasteiger partial charge in [0.2, 0.25) is 16.1 Å². The van der Waals surface area contributed by atoms with Gasteiger partial charge >= 0.3 is 5.97 Å².